The maximum absolute atomic E-state index is 11.2. The molecule has 1 fully saturated rings. The molecule has 1 amide bonds. The van der Waals surface area contributed by atoms with Crippen LogP contribution in [-0.4, -0.2) is 43.0 Å². The molecular weight excluding hydrogens is 190 g/mol. The molecule has 4 nitrogen and oxygen atoms in total. The minimum Gasteiger partial charge on any atom is -0.368 e. The van der Waals surface area contributed by atoms with Crippen LogP contribution in [-0.2, 0) is 4.79 Å². The fourth-order valence-corrected chi connectivity index (χ4v) is 2.00. The molecule has 1 rings (SSSR count). The summed E-state index contributed by atoms with van der Waals surface area (Å²) < 4.78 is 0. The van der Waals surface area contributed by atoms with Gasteiger partial charge in [-0.15, -0.1) is 0 Å². The number of carbonyl (C=O) groups is 1. The topological polar surface area (TPSA) is 58.4 Å². The van der Waals surface area contributed by atoms with Crippen molar-refractivity contribution in [3.05, 3.63) is 0 Å². The first-order valence-electron chi connectivity index (χ1n) is 5.88. The van der Waals surface area contributed by atoms with E-state index in [9.17, 15) is 4.79 Å². The summed E-state index contributed by atoms with van der Waals surface area (Å²) >= 11 is 0. The Morgan fingerprint density at radius 1 is 1.53 bits per heavy atom. The monoisotopic (exact) mass is 213 g/mol. The van der Waals surface area contributed by atoms with Crippen molar-refractivity contribution in [2.45, 2.75) is 32.7 Å². The number of amides is 1. The van der Waals surface area contributed by atoms with E-state index in [1.165, 1.54) is 12.8 Å². The first-order valence-corrected chi connectivity index (χ1v) is 5.88. The Morgan fingerprint density at radius 2 is 2.13 bits per heavy atom. The molecule has 0 spiro atoms. The van der Waals surface area contributed by atoms with E-state index in [0.717, 1.165) is 32.1 Å². The van der Waals surface area contributed by atoms with Crippen molar-refractivity contribution in [2.24, 2.45) is 11.7 Å². The minimum absolute atomic E-state index is 0.191. The van der Waals surface area contributed by atoms with Crippen LogP contribution in [0.25, 0.3) is 0 Å². The van der Waals surface area contributed by atoms with E-state index in [-0.39, 0.29) is 11.9 Å². The second-order valence-corrected chi connectivity index (χ2v) is 4.50. The van der Waals surface area contributed by atoms with Gasteiger partial charge in [0.2, 0.25) is 5.91 Å². The van der Waals surface area contributed by atoms with Crippen LogP contribution in [0.1, 0.15) is 26.7 Å². The smallest absolute Gasteiger partial charge is 0.235 e. The maximum atomic E-state index is 11.2. The third-order valence-corrected chi connectivity index (χ3v) is 3.11. The van der Waals surface area contributed by atoms with Gasteiger partial charge in [-0.3, -0.25) is 4.79 Å². The number of piperidine rings is 1. The lowest BCUT2D eigenvalue weighted by molar-refractivity contribution is -0.120. The summed E-state index contributed by atoms with van der Waals surface area (Å²) in [5, 5.41) is 3.12. The van der Waals surface area contributed by atoms with Gasteiger partial charge in [0.25, 0.3) is 0 Å². The molecule has 1 aliphatic rings. The number of likely N-dealkylation sites (N-methyl/N-ethyl adjacent to an activating group) is 1. The number of primary amides is 1. The van der Waals surface area contributed by atoms with Crippen LogP contribution >= 0.6 is 0 Å². The molecule has 88 valence electrons. The number of rotatable bonds is 5. The van der Waals surface area contributed by atoms with Crippen LogP contribution in [0.4, 0.5) is 0 Å². The van der Waals surface area contributed by atoms with Gasteiger partial charge >= 0.3 is 0 Å². The summed E-state index contributed by atoms with van der Waals surface area (Å²) in [6, 6.07) is -0.191. The normalized spacial score (nSPS) is 21.5. The number of carbonyl (C=O) groups excluding carboxylic acids is 1. The molecule has 15 heavy (non-hydrogen) atoms. The Balaban J connectivity index is 2.34. The fraction of sp³-hybridized carbons (Fsp3) is 0.909. The highest BCUT2D eigenvalue weighted by molar-refractivity contribution is 5.80. The SMILES string of the molecule is CCNC(CN1CCC(C)CC1)C(N)=O. The molecule has 0 saturated carbocycles. The number of hydrogen-bond donors (Lipinski definition) is 2. The van der Waals surface area contributed by atoms with Crippen molar-refractivity contribution < 1.29 is 4.79 Å². The third kappa shape index (κ3) is 4.18. The van der Waals surface area contributed by atoms with Crippen molar-refractivity contribution in [3.8, 4) is 0 Å². The molecule has 0 aromatic rings. The van der Waals surface area contributed by atoms with Gasteiger partial charge in [0, 0.05) is 6.54 Å². The first kappa shape index (κ1) is 12.5. The predicted molar refractivity (Wildman–Crippen MR) is 61.5 cm³/mol. The highest BCUT2D eigenvalue weighted by atomic mass is 16.1. The zero-order valence-corrected chi connectivity index (χ0v) is 9.83. The third-order valence-electron chi connectivity index (χ3n) is 3.11. The second-order valence-electron chi connectivity index (χ2n) is 4.50. The number of hydrogen-bond acceptors (Lipinski definition) is 3. The molecule has 0 radical (unpaired) electrons. The molecule has 0 aromatic heterocycles. The molecule has 0 aliphatic carbocycles. The summed E-state index contributed by atoms with van der Waals surface area (Å²) in [6.07, 6.45) is 2.47. The lowest BCUT2D eigenvalue weighted by Gasteiger charge is -2.32. The standard InChI is InChI=1S/C11H23N3O/c1-3-13-10(11(12)15)8-14-6-4-9(2)5-7-14/h9-10,13H,3-8H2,1-2H3,(H2,12,15). The molecule has 1 unspecified atom stereocenters. The molecule has 0 aromatic carbocycles. The van der Waals surface area contributed by atoms with Crippen molar-refractivity contribution in [1.29, 1.82) is 0 Å². The Bertz CT molecular complexity index is 200. The van der Waals surface area contributed by atoms with Crippen LogP contribution < -0.4 is 11.1 Å². The Labute approximate surface area is 92.2 Å². The second kappa shape index (κ2) is 6.08. The van der Waals surface area contributed by atoms with Gasteiger partial charge < -0.3 is 16.0 Å². The van der Waals surface area contributed by atoms with Crippen LogP contribution in [0.2, 0.25) is 0 Å². The van der Waals surface area contributed by atoms with E-state index in [1.807, 2.05) is 6.92 Å². The van der Waals surface area contributed by atoms with Crippen molar-refractivity contribution >= 4 is 5.91 Å². The van der Waals surface area contributed by atoms with E-state index in [4.69, 9.17) is 5.73 Å². The van der Waals surface area contributed by atoms with Crippen molar-refractivity contribution in [3.63, 3.8) is 0 Å². The molecule has 0 bridgehead atoms. The zero-order chi connectivity index (χ0) is 11.3. The molecule has 4 heteroatoms. The van der Waals surface area contributed by atoms with Gasteiger partial charge in [-0.05, 0) is 38.4 Å². The first-order chi connectivity index (χ1) is 7.13. The number of likely N-dealkylation sites (tertiary alicyclic amines) is 1. The summed E-state index contributed by atoms with van der Waals surface area (Å²) in [4.78, 5) is 13.5. The van der Waals surface area contributed by atoms with E-state index in [2.05, 4.69) is 17.1 Å². The molecule has 1 aliphatic heterocycles. The van der Waals surface area contributed by atoms with Gasteiger partial charge in [0.15, 0.2) is 0 Å². The van der Waals surface area contributed by atoms with Crippen molar-refractivity contribution in [2.75, 3.05) is 26.2 Å². The number of nitrogens with zero attached hydrogens (tertiary/aromatic N) is 1. The Hall–Kier alpha value is -0.610. The summed E-state index contributed by atoms with van der Waals surface area (Å²) in [5.41, 5.74) is 5.34. The van der Waals surface area contributed by atoms with Crippen LogP contribution in [0, 0.1) is 5.92 Å². The summed E-state index contributed by atoms with van der Waals surface area (Å²) in [7, 11) is 0. The lowest BCUT2D eigenvalue weighted by atomic mass is 9.99. The van der Waals surface area contributed by atoms with Crippen LogP contribution in [0.5, 0.6) is 0 Å². The van der Waals surface area contributed by atoms with E-state index in [1.54, 1.807) is 0 Å². The number of nitrogens with two attached hydrogens (primary N) is 1. The Kier molecular flexibility index (Phi) is 5.05. The van der Waals surface area contributed by atoms with Crippen molar-refractivity contribution in [1.82, 2.24) is 10.2 Å². The largest absolute Gasteiger partial charge is 0.368 e. The highest BCUT2D eigenvalue weighted by Crippen LogP contribution is 2.15. The maximum Gasteiger partial charge on any atom is 0.235 e. The number of nitrogens with one attached hydrogen (secondary N) is 1. The predicted octanol–water partition coefficient (Wildman–Crippen LogP) is 0.182. The highest BCUT2D eigenvalue weighted by Gasteiger charge is 2.21. The molecular formula is C11H23N3O. The van der Waals surface area contributed by atoms with Gasteiger partial charge in [0.1, 0.15) is 0 Å². The summed E-state index contributed by atoms with van der Waals surface area (Å²) in [5.74, 6) is 0.586. The zero-order valence-electron chi connectivity index (χ0n) is 9.83. The van der Waals surface area contributed by atoms with E-state index >= 15 is 0 Å². The summed E-state index contributed by atoms with van der Waals surface area (Å²) in [6.45, 7) is 8.02. The fourth-order valence-electron chi connectivity index (χ4n) is 2.00. The molecule has 1 saturated heterocycles. The quantitative estimate of drug-likeness (QED) is 0.685. The average Bonchev–Trinajstić information content (AvgIpc) is 2.20. The molecule has 3 N–H and O–H groups in total. The lowest BCUT2D eigenvalue weighted by Crippen LogP contribution is -2.50. The van der Waals surface area contributed by atoms with Gasteiger partial charge in [0.05, 0.1) is 6.04 Å². The van der Waals surface area contributed by atoms with Gasteiger partial charge in [-0.25, -0.2) is 0 Å². The Morgan fingerprint density at radius 3 is 2.60 bits per heavy atom. The average molecular weight is 213 g/mol. The van der Waals surface area contributed by atoms with Crippen LogP contribution in [0.15, 0.2) is 0 Å². The van der Waals surface area contributed by atoms with Gasteiger partial charge in [-0.2, -0.15) is 0 Å². The van der Waals surface area contributed by atoms with E-state index in [0.29, 0.717) is 0 Å². The van der Waals surface area contributed by atoms with Crippen LogP contribution in [0.3, 0.4) is 0 Å². The van der Waals surface area contributed by atoms with E-state index < -0.39 is 0 Å². The molecule has 1 atom stereocenters. The minimum atomic E-state index is -0.240. The van der Waals surface area contributed by atoms with Gasteiger partial charge in [-0.1, -0.05) is 13.8 Å². The molecule has 1 heterocycles.